The van der Waals surface area contributed by atoms with Crippen LogP contribution in [0.2, 0.25) is 0 Å². The summed E-state index contributed by atoms with van der Waals surface area (Å²) in [6.07, 6.45) is 0.125. The molecule has 0 spiro atoms. The third kappa shape index (κ3) is 6.32. The van der Waals surface area contributed by atoms with Crippen molar-refractivity contribution >= 4 is 29.2 Å². The van der Waals surface area contributed by atoms with E-state index in [2.05, 4.69) is 24.8 Å². The minimum absolute atomic E-state index is 0.125. The summed E-state index contributed by atoms with van der Waals surface area (Å²) in [7, 11) is 3.98. The quantitative estimate of drug-likeness (QED) is 0.516. The average Bonchev–Trinajstić information content (AvgIpc) is 1.58. The van der Waals surface area contributed by atoms with Crippen molar-refractivity contribution in [3.8, 4) is 0 Å². The lowest BCUT2D eigenvalue weighted by molar-refractivity contribution is 0.175. The molecule has 0 aromatic heterocycles. The van der Waals surface area contributed by atoms with Gasteiger partial charge in [0.25, 0.3) is 0 Å². The van der Waals surface area contributed by atoms with E-state index in [1.165, 1.54) is 0 Å². The van der Waals surface area contributed by atoms with E-state index in [1.54, 1.807) is 0 Å². The van der Waals surface area contributed by atoms with Crippen LogP contribution >= 0.6 is 24.8 Å². The molecule has 0 saturated heterocycles. The summed E-state index contributed by atoms with van der Waals surface area (Å²) in [4.78, 5) is 2.04. The maximum atomic E-state index is 5.11. The first-order chi connectivity index (χ1) is 4.52. The van der Waals surface area contributed by atoms with Crippen LogP contribution in [-0.2, 0) is 4.74 Å². The normalized spacial score (nSPS) is 13.3. The van der Waals surface area contributed by atoms with Gasteiger partial charge in [0.05, 0.1) is 0 Å². The van der Waals surface area contributed by atoms with E-state index in [0.717, 1.165) is 6.54 Å². The molecule has 0 aliphatic heterocycles. The largest absolute Gasteiger partial charge is 0.474 e. The first-order valence-corrected chi connectivity index (χ1v) is 3.92. The zero-order valence-electron chi connectivity index (χ0n) is 6.50. The molecule has 0 aliphatic carbocycles. The van der Waals surface area contributed by atoms with Crippen molar-refractivity contribution in [2.75, 3.05) is 20.6 Å². The molecule has 0 rings (SSSR count). The molecule has 0 aromatic carbocycles. The van der Waals surface area contributed by atoms with E-state index in [-0.39, 0.29) is 6.10 Å². The number of rotatable bonds is 3. The molecular formula is C6H13NOS2. The summed E-state index contributed by atoms with van der Waals surface area (Å²) >= 11 is 8.50. The predicted octanol–water partition coefficient (Wildman–Crippen LogP) is 1.17. The van der Waals surface area contributed by atoms with Gasteiger partial charge in [0.1, 0.15) is 6.10 Å². The zero-order chi connectivity index (χ0) is 8.15. The van der Waals surface area contributed by atoms with Crippen LogP contribution in [0.3, 0.4) is 0 Å². The maximum Gasteiger partial charge on any atom is 0.217 e. The molecule has 0 aliphatic rings. The van der Waals surface area contributed by atoms with Crippen LogP contribution in [-0.4, -0.2) is 36.0 Å². The van der Waals surface area contributed by atoms with Crippen LogP contribution in [0.15, 0.2) is 0 Å². The third-order valence-electron chi connectivity index (χ3n) is 0.924. The Kier molecular flexibility index (Phi) is 5.03. The standard InChI is InChI=1S/C6H13NOS2/c1-5(4-7(2)3)8-6(9)10/h5H,4H2,1-3H3,(H,9,10). The Labute approximate surface area is 73.0 Å². The van der Waals surface area contributed by atoms with Gasteiger partial charge in [-0.25, -0.2) is 0 Å². The predicted molar refractivity (Wildman–Crippen MR) is 50.7 cm³/mol. The summed E-state index contributed by atoms with van der Waals surface area (Å²) in [6.45, 7) is 2.82. The van der Waals surface area contributed by atoms with Gasteiger partial charge in [-0.3, -0.25) is 0 Å². The molecule has 0 heterocycles. The molecule has 1 unspecified atom stereocenters. The molecule has 60 valence electrons. The van der Waals surface area contributed by atoms with Crippen molar-refractivity contribution < 1.29 is 4.74 Å². The molecule has 0 radical (unpaired) electrons. The molecule has 10 heavy (non-hydrogen) atoms. The molecular weight excluding hydrogens is 166 g/mol. The summed E-state index contributed by atoms with van der Waals surface area (Å²) in [5.41, 5.74) is 0. The topological polar surface area (TPSA) is 12.5 Å². The lowest BCUT2D eigenvalue weighted by Gasteiger charge is -2.16. The fourth-order valence-corrected chi connectivity index (χ4v) is 1.07. The van der Waals surface area contributed by atoms with Crippen molar-refractivity contribution in [1.82, 2.24) is 4.90 Å². The molecule has 2 nitrogen and oxygen atoms in total. The Balaban J connectivity index is 3.43. The van der Waals surface area contributed by atoms with Gasteiger partial charge in [0.15, 0.2) is 0 Å². The second-order valence-corrected chi connectivity index (χ2v) is 3.54. The first kappa shape index (κ1) is 10.2. The first-order valence-electron chi connectivity index (χ1n) is 3.06. The van der Waals surface area contributed by atoms with E-state index in [1.807, 2.05) is 25.9 Å². The van der Waals surface area contributed by atoms with Gasteiger partial charge in [-0.15, -0.1) is 0 Å². The maximum absolute atomic E-state index is 5.11. The van der Waals surface area contributed by atoms with Crippen LogP contribution in [0, 0.1) is 0 Å². The zero-order valence-corrected chi connectivity index (χ0v) is 8.21. The van der Waals surface area contributed by atoms with E-state index in [0.29, 0.717) is 4.38 Å². The minimum Gasteiger partial charge on any atom is -0.474 e. The van der Waals surface area contributed by atoms with Gasteiger partial charge in [-0.2, -0.15) is 0 Å². The van der Waals surface area contributed by atoms with Crippen molar-refractivity contribution in [2.24, 2.45) is 0 Å². The van der Waals surface area contributed by atoms with E-state index < -0.39 is 0 Å². The highest BCUT2D eigenvalue weighted by atomic mass is 32.1. The molecule has 4 heteroatoms. The SMILES string of the molecule is CC(CN(C)C)OC(=S)S. The second-order valence-electron chi connectivity index (χ2n) is 2.46. The highest BCUT2D eigenvalue weighted by Gasteiger charge is 2.03. The third-order valence-corrected chi connectivity index (χ3v) is 1.13. The average molecular weight is 179 g/mol. The molecule has 0 fully saturated rings. The number of hydrogen-bond acceptors (Lipinski definition) is 3. The number of nitrogens with zero attached hydrogens (tertiary/aromatic N) is 1. The van der Waals surface area contributed by atoms with Crippen LogP contribution in [0.25, 0.3) is 0 Å². The molecule has 0 amide bonds. The number of thiocarbonyl (C=S) groups is 1. The second kappa shape index (κ2) is 4.93. The highest BCUT2D eigenvalue weighted by molar-refractivity contribution is 8.10. The Morgan fingerprint density at radius 1 is 1.70 bits per heavy atom. The number of ether oxygens (including phenoxy) is 1. The number of thiol groups is 1. The van der Waals surface area contributed by atoms with Gasteiger partial charge in [0, 0.05) is 6.54 Å². The van der Waals surface area contributed by atoms with Crippen molar-refractivity contribution in [3.63, 3.8) is 0 Å². The molecule has 1 atom stereocenters. The van der Waals surface area contributed by atoms with Crippen LogP contribution < -0.4 is 0 Å². The smallest absolute Gasteiger partial charge is 0.217 e. The lowest BCUT2D eigenvalue weighted by Crippen LogP contribution is -2.26. The van der Waals surface area contributed by atoms with Gasteiger partial charge in [-0.05, 0) is 33.2 Å². The van der Waals surface area contributed by atoms with Gasteiger partial charge < -0.3 is 9.64 Å². The summed E-state index contributed by atoms with van der Waals surface area (Å²) < 4.78 is 5.43. The van der Waals surface area contributed by atoms with Gasteiger partial charge in [-0.1, -0.05) is 12.6 Å². The van der Waals surface area contributed by atoms with Crippen molar-refractivity contribution in [1.29, 1.82) is 0 Å². The highest BCUT2D eigenvalue weighted by Crippen LogP contribution is 1.96. The van der Waals surface area contributed by atoms with Crippen LogP contribution in [0.1, 0.15) is 6.92 Å². The molecule has 0 N–H and O–H groups in total. The molecule has 0 saturated carbocycles. The van der Waals surface area contributed by atoms with E-state index in [9.17, 15) is 0 Å². The fraction of sp³-hybridized carbons (Fsp3) is 0.833. The van der Waals surface area contributed by atoms with Gasteiger partial charge in [0.2, 0.25) is 4.38 Å². The summed E-state index contributed by atoms with van der Waals surface area (Å²) in [5.74, 6) is 0. The van der Waals surface area contributed by atoms with Crippen LogP contribution in [0.4, 0.5) is 0 Å². The van der Waals surface area contributed by atoms with Crippen molar-refractivity contribution in [2.45, 2.75) is 13.0 Å². The summed E-state index contributed by atoms with van der Waals surface area (Å²) in [6, 6.07) is 0. The fourth-order valence-electron chi connectivity index (χ4n) is 0.724. The summed E-state index contributed by atoms with van der Waals surface area (Å²) in [5, 5.41) is 0. The Morgan fingerprint density at radius 2 is 2.20 bits per heavy atom. The van der Waals surface area contributed by atoms with E-state index >= 15 is 0 Å². The lowest BCUT2D eigenvalue weighted by atomic mass is 10.4. The number of hydrogen-bond donors (Lipinski definition) is 1. The Hall–Kier alpha value is 0.200. The van der Waals surface area contributed by atoms with Gasteiger partial charge >= 0.3 is 0 Å². The minimum atomic E-state index is 0.125. The molecule has 0 aromatic rings. The van der Waals surface area contributed by atoms with Crippen molar-refractivity contribution in [3.05, 3.63) is 0 Å². The van der Waals surface area contributed by atoms with E-state index in [4.69, 9.17) is 4.74 Å². The monoisotopic (exact) mass is 179 g/mol. The Bertz CT molecular complexity index is 116. The van der Waals surface area contributed by atoms with Crippen LogP contribution in [0.5, 0.6) is 0 Å². The molecule has 0 bridgehead atoms. The Morgan fingerprint density at radius 3 is 2.50 bits per heavy atom. The number of likely N-dealkylation sites (N-methyl/N-ethyl adjacent to an activating group) is 1.